The summed E-state index contributed by atoms with van der Waals surface area (Å²) in [4.78, 5) is 14.3. The second-order valence-electron chi connectivity index (χ2n) is 5.59. The molecule has 0 amide bonds. The van der Waals surface area contributed by atoms with E-state index in [2.05, 4.69) is 31.1 Å². The fraction of sp³-hybridized carbons (Fsp3) is 0.933. The minimum absolute atomic E-state index is 0.178. The van der Waals surface area contributed by atoms with E-state index in [1.54, 1.807) is 0 Å². The van der Waals surface area contributed by atoms with Gasteiger partial charge in [0.2, 0.25) is 0 Å². The minimum Gasteiger partial charge on any atom is -0.468 e. The molecule has 0 aliphatic carbocycles. The van der Waals surface area contributed by atoms with E-state index in [4.69, 9.17) is 4.74 Å². The topological polar surface area (TPSA) is 41.6 Å². The van der Waals surface area contributed by atoms with Crippen molar-refractivity contribution >= 4 is 5.97 Å². The molecule has 0 spiro atoms. The number of rotatable bonds is 10. The molecule has 0 aromatic rings. The molecule has 0 heterocycles. The van der Waals surface area contributed by atoms with Crippen LogP contribution in [0, 0.1) is 0 Å². The molecular formula is C15H32N2O2. The van der Waals surface area contributed by atoms with E-state index in [1.165, 1.54) is 26.4 Å². The number of likely N-dealkylation sites (N-methyl/N-ethyl adjacent to an activating group) is 1. The Morgan fingerprint density at radius 3 is 2.47 bits per heavy atom. The summed E-state index contributed by atoms with van der Waals surface area (Å²) < 4.78 is 4.93. The van der Waals surface area contributed by atoms with E-state index < -0.39 is 5.54 Å². The quantitative estimate of drug-likeness (QED) is 0.490. The summed E-state index contributed by atoms with van der Waals surface area (Å²) in [6, 6.07) is 0.347. The van der Waals surface area contributed by atoms with Crippen molar-refractivity contribution in [2.24, 2.45) is 0 Å². The first-order valence-electron chi connectivity index (χ1n) is 7.45. The average Bonchev–Trinajstić information content (AvgIpc) is 2.37. The number of unbranched alkanes of at least 4 members (excludes halogenated alkanes) is 2. The summed E-state index contributed by atoms with van der Waals surface area (Å²) in [6.45, 7) is 10.2. The van der Waals surface area contributed by atoms with Crippen molar-refractivity contribution in [3.63, 3.8) is 0 Å². The molecule has 19 heavy (non-hydrogen) atoms. The number of esters is 1. The van der Waals surface area contributed by atoms with Crippen LogP contribution in [0.25, 0.3) is 0 Å². The van der Waals surface area contributed by atoms with E-state index >= 15 is 0 Å². The molecule has 2 unspecified atom stereocenters. The van der Waals surface area contributed by atoms with E-state index in [9.17, 15) is 4.79 Å². The standard InChI is InChI=1S/C15H32N2O2/c1-7-9-10-11-17(5)13(3)12-15(4,16-8-2)14(18)19-6/h13,16H,7-12H2,1-6H3. The highest BCUT2D eigenvalue weighted by Crippen LogP contribution is 2.18. The maximum absolute atomic E-state index is 11.9. The molecular weight excluding hydrogens is 240 g/mol. The normalized spacial score (nSPS) is 16.2. The average molecular weight is 272 g/mol. The van der Waals surface area contributed by atoms with Gasteiger partial charge in [0.25, 0.3) is 0 Å². The number of methoxy groups -OCH3 is 1. The van der Waals surface area contributed by atoms with Gasteiger partial charge in [-0.05, 0) is 46.8 Å². The molecule has 1 N–H and O–H groups in total. The maximum atomic E-state index is 11.9. The van der Waals surface area contributed by atoms with Crippen LogP contribution in [0.1, 0.15) is 53.4 Å². The Kier molecular flexibility index (Phi) is 9.02. The van der Waals surface area contributed by atoms with Crippen LogP contribution < -0.4 is 5.32 Å². The zero-order valence-electron chi connectivity index (χ0n) is 13.6. The molecule has 4 nitrogen and oxygen atoms in total. The molecule has 0 aromatic carbocycles. The zero-order chi connectivity index (χ0) is 14.9. The molecule has 0 rings (SSSR count). The third kappa shape index (κ3) is 6.39. The molecule has 0 aliphatic heterocycles. The maximum Gasteiger partial charge on any atom is 0.325 e. The monoisotopic (exact) mass is 272 g/mol. The zero-order valence-corrected chi connectivity index (χ0v) is 13.6. The van der Waals surface area contributed by atoms with Gasteiger partial charge in [0, 0.05) is 6.04 Å². The highest BCUT2D eigenvalue weighted by atomic mass is 16.5. The summed E-state index contributed by atoms with van der Waals surface area (Å²) in [5.41, 5.74) is -0.595. The third-order valence-electron chi connectivity index (χ3n) is 3.77. The van der Waals surface area contributed by atoms with Crippen molar-refractivity contribution in [1.29, 1.82) is 0 Å². The summed E-state index contributed by atoms with van der Waals surface area (Å²) in [6.07, 6.45) is 4.47. The van der Waals surface area contributed by atoms with Gasteiger partial charge in [0.05, 0.1) is 7.11 Å². The molecule has 0 aliphatic rings. The Morgan fingerprint density at radius 2 is 2.00 bits per heavy atom. The number of ether oxygens (including phenoxy) is 1. The first-order valence-corrected chi connectivity index (χ1v) is 7.45. The van der Waals surface area contributed by atoms with Crippen LogP contribution in [-0.4, -0.2) is 49.7 Å². The van der Waals surface area contributed by atoms with Crippen LogP contribution in [0.3, 0.4) is 0 Å². The Labute approximate surface area is 118 Å². The van der Waals surface area contributed by atoms with E-state index in [0.29, 0.717) is 6.04 Å². The first kappa shape index (κ1) is 18.4. The number of carbonyl (C=O) groups is 1. The molecule has 2 atom stereocenters. The van der Waals surface area contributed by atoms with Crippen LogP contribution in [0.4, 0.5) is 0 Å². The van der Waals surface area contributed by atoms with Crippen molar-refractivity contribution in [1.82, 2.24) is 10.2 Å². The molecule has 114 valence electrons. The SMILES string of the molecule is CCCCCN(C)C(C)CC(C)(NCC)C(=O)OC. The van der Waals surface area contributed by atoms with Crippen LogP contribution >= 0.6 is 0 Å². The number of nitrogens with zero attached hydrogens (tertiary/aromatic N) is 1. The number of nitrogens with one attached hydrogen (secondary N) is 1. The molecule has 0 aromatic heterocycles. The fourth-order valence-electron chi connectivity index (χ4n) is 2.42. The van der Waals surface area contributed by atoms with Crippen LogP contribution in [0.2, 0.25) is 0 Å². The third-order valence-corrected chi connectivity index (χ3v) is 3.77. The lowest BCUT2D eigenvalue weighted by atomic mass is 9.92. The fourth-order valence-corrected chi connectivity index (χ4v) is 2.42. The number of hydrogen-bond donors (Lipinski definition) is 1. The predicted octanol–water partition coefficient (Wildman–Crippen LogP) is 2.43. The summed E-state index contributed by atoms with van der Waals surface area (Å²) in [5, 5.41) is 3.26. The Bertz CT molecular complexity index is 259. The molecule has 0 saturated heterocycles. The highest BCUT2D eigenvalue weighted by molar-refractivity contribution is 5.80. The van der Waals surface area contributed by atoms with Crippen LogP contribution in [-0.2, 0) is 9.53 Å². The van der Waals surface area contributed by atoms with Gasteiger partial charge in [0.1, 0.15) is 5.54 Å². The van der Waals surface area contributed by atoms with Gasteiger partial charge in [0.15, 0.2) is 0 Å². The Hall–Kier alpha value is -0.610. The predicted molar refractivity (Wildman–Crippen MR) is 80.3 cm³/mol. The molecule has 0 radical (unpaired) electrons. The van der Waals surface area contributed by atoms with Gasteiger partial charge in [-0.1, -0.05) is 26.7 Å². The second-order valence-corrected chi connectivity index (χ2v) is 5.59. The van der Waals surface area contributed by atoms with Gasteiger partial charge in [-0.2, -0.15) is 0 Å². The molecule has 0 fully saturated rings. The molecule has 0 bridgehead atoms. The minimum atomic E-state index is -0.595. The number of hydrogen-bond acceptors (Lipinski definition) is 4. The van der Waals surface area contributed by atoms with Gasteiger partial charge < -0.3 is 15.0 Å². The van der Waals surface area contributed by atoms with Crippen molar-refractivity contribution in [2.45, 2.75) is 65.0 Å². The Morgan fingerprint density at radius 1 is 1.37 bits per heavy atom. The summed E-state index contributed by atoms with van der Waals surface area (Å²) in [5.74, 6) is -0.178. The van der Waals surface area contributed by atoms with Gasteiger partial charge in [-0.3, -0.25) is 4.79 Å². The van der Waals surface area contributed by atoms with Crippen molar-refractivity contribution < 1.29 is 9.53 Å². The van der Waals surface area contributed by atoms with Crippen molar-refractivity contribution in [2.75, 3.05) is 27.2 Å². The lowest BCUT2D eigenvalue weighted by Gasteiger charge is -2.34. The Balaban J connectivity index is 4.45. The van der Waals surface area contributed by atoms with Gasteiger partial charge >= 0.3 is 5.97 Å². The van der Waals surface area contributed by atoms with E-state index in [0.717, 1.165) is 19.5 Å². The smallest absolute Gasteiger partial charge is 0.325 e. The lowest BCUT2D eigenvalue weighted by Crippen LogP contribution is -2.53. The number of carbonyl (C=O) groups excluding carboxylic acids is 1. The van der Waals surface area contributed by atoms with Crippen LogP contribution in [0.5, 0.6) is 0 Å². The lowest BCUT2D eigenvalue weighted by molar-refractivity contribution is -0.148. The molecule has 4 heteroatoms. The second kappa shape index (κ2) is 9.32. The van der Waals surface area contributed by atoms with Gasteiger partial charge in [-0.25, -0.2) is 0 Å². The largest absolute Gasteiger partial charge is 0.468 e. The van der Waals surface area contributed by atoms with Crippen molar-refractivity contribution in [3.8, 4) is 0 Å². The van der Waals surface area contributed by atoms with Crippen LogP contribution in [0.15, 0.2) is 0 Å². The van der Waals surface area contributed by atoms with E-state index in [1.807, 2.05) is 13.8 Å². The highest BCUT2D eigenvalue weighted by Gasteiger charge is 2.35. The first-order chi connectivity index (χ1) is 8.91. The summed E-state index contributed by atoms with van der Waals surface area (Å²) in [7, 11) is 3.58. The van der Waals surface area contributed by atoms with Gasteiger partial charge in [-0.15, -0.1) is 0 Å². The van der Waals surface area contributed by atoms with E-state index in [-0.39, 0.29) is 5.97 Å². The summed E-state index contributed by atoms with van der Waals surface area (Å²) >= 11 is 0. The van der Waals surface area contributed by atoms with Crippen molar-refractivity contribution in [3.05, 3.63) is 0 Å². The molecule has 0 saturated carbocycles.